The van der Waals surface area contributed by atoms with Gasteiger partial charge in [-0.25, -0.2) is 0 Å². The van der Waals surface area contributed by atoms with Crippen molar-refractivity contribution in [2.75, 3.05) is 4.90 Å². The molecule has 1 aliphatic carbocycles. The second-order valence-electron chi connectivity index (χ2n) is 7.80. The molecule has 4 rings (SSSR count). The van der Waals surface area contributed by atoms with Crippen LogP contribution >= 0.6 is 11.5 Å². The summed E-state index contributed by atoms with van der Waals surface area (Å²) in [6, 6.07) is 12.1. The lowest BCUT2D eigenvalue weighted by Gasteiger charge is -2.32. The molecule has 0 spiro atoms. The van der Waals surface area contributed by atoms with E-state index in [-0.39, 0.29) is 23.6 Å². The van der Waals surface area contributed by atoms with E-state index < -0.39 is 6.04 Å². The van der Waals surface area contributed by atoms with Crippen LogP contribution in [-0.4, -0.2) is 32.4 Å². The van der Waals surface area contributed by atoms with Crippen LogP contribution in [0.5, 0.6) is 0 Å². The molecule has 0 aliphatic heterocycles. The first-order valence-electron chi connectivity index (χ1n) is 10.5. The highest BCUT2D eigenvalue weighted by molar-refractivity contribution is 7.03. The molecule has 1 saturated carbocycles. The number of carbonyl (C=O) groups excluding carboxylic acids is 2. The number of amides is 2. The van der Waals surface area contributed by atoms with Crippen molar-refractivity contribution in [2.24, 2.45) is 0 Å². The highest BCUT2D eigenvalue weighted by Gasteiger charge is 2.36. The van der Waals surface area contributed by atoms with E-state index in [0.29, 0.717) is 11.4 Å². The molecule has 1 N–H and O–H groups in total. The van der Waals surface area contributed by atoms with Gasteiger partial charge in [0.2, 0.25) is 5.91 Å². The Balaban J connectivity index is 1.76. The lowest BCUT2D eigenvalue weighted by atomic mass is 9.95. The fourth-order valence-corrected chi connectivity index (χ4v) is 4.35. The van der Waals surface area contributed by atoms with Crippen molar-refractivity contribution < 1.29 is 9.59 Å². The summed E-state index contributed by atoms with van der Waals surface area (Å²) >= 11 is 1.10. The molecule has 0 saturated heterocycles. The highest BCUT2D eigenvalue weighted by Crippen LogP contribution is 2.30. The molecule has 1 fully saturated rings. The quantitative estimate of drug-likeness (QED) is 0.630. The first-order chi connectivity index (χ1) is 15.1. The molecule has 2 amide bonds. The molecule has 1 atom stereocenters. The third kappa shape index (κ3) is 4.96. The van der Waals surface area contributed by atoms with E-state index in [2.05, 4.69) is 19.9 Å². The van der Waals surface area contributed by atoms with Gasteiger partial charge in [-0.3, -0.25) is 19.5 Å². The number of hydrogen-bond donors (Lipinski definition) is 1. The average Bonchev–Trinajstić information content (AvgIpc) is 3.34. The smallest absolute Gasteiger partial charge is 0.280 e. The largest absolute Gasteiger partial charge is 0.351 e. The van der Waals surface area contributed by atoms with Gasteiger partial charge in [-0.2, -0.15) is 0 Å². The lowest BCUT2D eigenvalue weighted by molar-refractivity contribution is -0.123. The van der Waals surface area contributed by atoms with Crippen molar-refractivity contribution in [1.29, 1.82) is 0 Å². The van der Waals surface area contributed by atoms with Crippen LogP contribution in [0.3, 0.4) is 0 Å². The molecule has 160 valence electrons. The molecule has 8 heteroatoms. The maximum Gasteiger partial charge on any atom is 0.280 e. The van der Waals surface area contributed by atoms with Gasteiger partial charge in [0, 0.05) is 23.3 Å². The summed E-state index contributed by atoms with van der Waals surface area (Å²) in [7, 11) is 0. The number of anilines is 1. The number of hydrogen-bond acceptors (Lipinski definition) is 6. The minimum atomic E-state index is -0.917. The summed E-state index contributed by atoms with van der Waals surface area (Å²) in [5, 5.41) is 8.72. The van der Waals surface area contributed by atoms with Crippen LogP contribution in [0.2, 0.25) is 0 Å². The first-order valence-corrected chi connectivity index (χ1v) is 11.4. The number of pyridine rings is 1. The van der Waals surface area contributed by atoms with E-state index >= 15 is 0 Å². The van der Waals surface area contributed by atoms with Gasteiger partial charge in [0.15, 0.2) is 11.7 Å². The Morgan fingerprint density at radius 1 is 1.10 bits per heavy atom. The standard InChI is InChI=1S/C23H25N5O2S/c1-16-10-12-18(13-11-16)28(23(30)20-15-31-27-26-20)21(19-9-5-6-14-24-19)22(29)25-17-7-3-2-4-8-17/h5-6,9-15,17,21H,2-4,7-8H2,1H3,(H,25,29)/t21-/m0/s1. The van der Waals surface area contributed by atoms with E-state index in [1.807, 2.05) is 37.3 Å². The Labute approximate surface area is 185 Å². The SMILES string of the molecule is Cc1ccc(N(C(=O)c2csnn2)[C@H](C(=O)NC2CCCCC2)c2ccccn2)cc1. The van der Waals surface area contributed by atoms with Crippen LogP contribution in [-0.2, 0) is 4.79 Å². The second kappa shape index (κ2) is 9.78. The minimum absolute atomic E-state index is 0.114. The van der Waals surface area contributed by atoms with Gasteiger partial charge in [-0.15, -0.1) is 5.10 Å². The number of rotatable bonds is 6. The Kier molecular flexibility index (Phi) is 6.66. The molecule has 7 nitrogen and oxygen atoms in total. The molecule has 2 aromatic heterocycles. The zero-order valence-electron chi connectivity index (χ0n) is 17.4. The van der Waals surface area contributed by atoms with Crippen LogP contribution in [0.25, 0.3) is 0 Å². The lowest BCUT2D eigenvalue weighted by Crippen LogP contribution is -2.47. The van der Waals surface area contributed by atoms with Gasteiger partial charge in [-0.05, 0) is 55.6 Å². The number of benzene rings is 1. The molecule has 3 aromatic rings. The number of carbonyl (C=O) groups is 2. The van der Waals surface area contributed by atoms with Crippen LogP contribution in [0, 0.1) is 6.92 Å². The van der Waals surface area contributed by atoms with E-state index in [9.17, 15) is 9.59 Å². The molecule has 0 radical (unpaired) electrons. The summed E-state index contributed by atoms with van der Waals surface area (Å²) < 4.78 is 3.83. The van der Waals surface area contributed by atoms with Crippen LogP contribution in [0.4, 0.5) is 5.69 Å². The average molecular weight is 436 g/mol. The van der Waals surface area contributed by atoms with Crippen molar-refractivity contribution in [2.45, 2.75) is 51.1 Å². The predicted molar refractivity (Wildman–Crippen MR) is 120 cm³/mol. The van der Waals surface area contributed by atoms with Crippen molar-refractivity contribution in [3.8, 4) is 0 Å². The van der Waals surface area contributed by atoms with Crippen molar-refractivity contribution in [3.63, 3.8) is 0 Å². The van der Waals surface area contributed by atoms with Crippen molar-refractivity contribution >= 4 is 29.0 Å². The zero-order valence-corrected chi connectivity index (χ0v) is 18.2. The molecule has 0 bridgehead atoms. The monoisotopic (exact) mass is 435 g/mol. The van der Waals surface area contributed by atoms with Gasteiger partial charge in [0.25, 0.3) is 5.91 Å². The molecule has 31 heavy (non-hydrogen) atoms. The van der Waals surface area contributed by atoms with E-state index in [4.69, 9.17) is 0 Å². The Bertz CT molecular complexity index is 1000. The summed E-state index contributed by atoms with van der Waals surface area (Å²) in [6.45, 7) is 1.98. The van der Waals surface area contributed by atoms with Crippen LogP contribution < -0.4 is 10.2 Å². The normalized spacial score (nSPS) is 15.3. The fraction of sp³-hybridized carbons (Fsp3) is 0.348. The molecular formula is C23H25N5O2S. The maximum absolute atomic E-state index is 13.6. The van der Waals surface area contributed by atoms with E-state index in [0.717, 1.165) is 42.8 Å². The topological polar surface area (TPSA) is 88.1 Å². The summed E-state index contributed by atoms with van der Waals surface area (Å²) in [5.41, 5.74) is 2.38. The van der Waals surface area contributed by atoms with Gasteiger partial charge in [0.1, 0.15) is 0 Å². The number of aromatic nitrogens is 3. The first kappa shape index (κ1) is 21.1. The summed E-state index contributed by atoms with van der Waals surface area (Å²) in [6.07, 6.45) is 6.94. The molecule has 2 heterocycles. The van der Waals surface area contributed by atoms with Gasteiger partial charge in [0.05, 0.1) is 5.69 Å². The Morgan fingerprint density at radius 2 is 1.87 bits per heavy atom. The molecule has 1 aliphatic rings. The van der Waals surface area contributed by atoms with Crippen molar-refractivity contribution in [1.82, 2.24) is 19.9 Å². The summed E-state index contributed by atoms with van der Waals surface area (Å²) in [4.78, 5) is 33.0. The number of nitrogens with zero attached hydrogens (tertiary/aromatic N) is 4. The fourth-order valence-electron chi connectivity index (χ4n) is 3.92. The van der Waals surface area contributed by atoms with Crippen LogP contribution in [0.1, 0.15) is 59.9 Å². The van der Waals surface area contributed by atoms with Gasteiger partial charge in [-0.1, -0.05) is 47.5 Å². The third-order valence-electron chi connectivity index (χ3n) is 5.54. The van der Waals surface area contributed by atoms with E-state index in [1.165, 1.54) is 11.3 Å². The molecular weight excluding hydrogens is 410 g/mol. The third-order valence-corrected chi connectivity index (χ3v) is 6.04. The van der Waals surface area contributed by atoms with Crippen molar-refractivity contribution in [3.05, 3.63) is 71.0 Å². The van der Waals surface area contributed by atoms with Crippen LogP contribution in [0.15, 0.2) is 54.0 Å². The maximum atomic E-state index is 13.6. The van der Waals surface area contributed by atoms with Gasteiger partial charge >= 0.3 is 0 Å². The Morgan fingerprint density at radius 3 is 2.52 bits per heavy atom. The van der Waals surface area contributed by atoms with E-state index in [1.54, 1.807) is 23.7 Å². The van der Waals surface area contributed by atoms with Gasteiger partial charge < -0.3 is 5.32 Å². The second-order valence-corrected chi connectivity index (χ2v) is 8.41. The number of nitrogens with one attached hydrogen (secondary N) is 1. The minimum Gasteiger partial charge on any atom is -0.351 e. The molecule has 0 unspecified atom stereocenters. The number of aryl methyl sites for hydroxylation is 1. The summed E-state index contributed by atoms with van der Waals surface area (Å²) in [5.74, 6) is -0.616. The molecule has 1 aromatic carbocycles. The highest BCUT2D eigenvalue weighted by atomic mass is 32.1. The Hall–Kier alpha value is -3.13. The zero-order chi connectivity index (χ0) is 21.6. The predicted octanol–water partition coefficient (Wildman–Crippen LogP) is 4.08.